The summed E-state index contributed by atoms with van der Waals surface area (Å²) < 4.78 is 6.60. The summed E-state index contributed by atoms with van der Waals surface area (Å²) in [5.41, 5.74) is -0.443. The number of ether oxygens (including phenoxy) is 1. The van der Waals surface area contributed by atoms with Gasteiger partial charge in [0, 0.05) is 15.9 Å². The zero-order chi connectivity index (χ0) is 15.5. The summed E-state index contributed by atoms with van der Waals surface area (Å²) >= 11 is 5.18. The van der Waals surface area contributed by atoms with E-state index in [0.717, 1.165) is 30.3 Å². The molecule has 5 heteroatoms. The maximum Gasteiger partial charge on any atom is 0.411 e. The summed E-state index contributed by atoms with van der Waals surface area (Å²) in [5, 5.41) is 0.162. The number of amides is 1. The second-order valence-electron chi connectivity index (χ2n) is 6.20. The highest BCUT2D eigenvalue weighted by Gasteiger charge is 2.30. The first-order chi connectivity index (χ1) is 9.85. The molecule has 0 radical (unpaired) electrons. The SMILES string of the molecule is CC(C)(C)OC(=O)N1CCCCC1Sc1ccc(Br)cc1. The van der Waals surface area contributed by atoms with Gasteiger partial charge in [-0.3, -0.25) is 4.90 Å². The van der Waals surface area contributed by atoms with Gasteiger partial charge >= 0.3 is 6.09 Å². The van der Waals surface area contributed by atoms with Gasteiger partial charge in [0.25, 0.3) is 0 Å². The molecule has 21 heavy (non-hydrogen) atoms. The van der Waals surface area contributed by atoms with E-state index in [2.05, 4.69) is 28.1 Å². The third-order valence-electron chi connectivity index (χ3n) is 3.16. The summed E-state index contributed by atoms with van der Waals surface area (Å²) in [6.07, 6.45) is 3.03. The van der Waals surface area contributed by atoms with Crippen molar-refractivity contribution in [2.24, 2.45) is 0 Å². The number of hydrogen-bond donors (Lipinski definition) is 0. The molecule has 1 aromatic rings. The Kier molecular flexibility index (Phi) is 5.60. The third kappa shape index (κ3) is 5.22. The monoisotopic (exact) mass is 371 g/mol. The van der Waals surface area contributed by atoms with Crippen LogP contribution in [0.1, 0.15) is 40.0 Å². The van der Waals surface area contributed by atoms with Crippen LogP contribution in [0.2, 0.25) is 0 Å². The van der Waals surface area contributed by atoms with E-state index in [1.807, 2.05) is 37.8 Å². The molecule has 1 aromatic carbocycles. The molecule has 1 unspecified atom stereocenters. The lowest BCUT2D eigenvalue weighted by Gasteiger charge is -2.36. The van der Waals surface area contributed by atoms with Crippen LogP contribution in [-0.2, 0) is 4.74 Å². The lowest BCUT2D eigenvalue weighted by molar-refractivity contribution is 0.0186. The standard InChI is InChI=1S/C16H22BrNO2S/c1-16(2,3)20-15(19)18-11-5-4-6-14(18)21-13-9-7-12(17)8-10-13/h7-10,14H,4-6,11H2,1-3H3. The Hall–Kier alpha value is -0.680. The fraction of sp³-hybridized carbons (Fsp3) is 0.562. The number of carbonyl (C=O) groups is 1. The molecule has 116 valence electrons. The third-order valence-corrected chi connectivity index (χ3v) is 5.00. The predicted molar refractivity (Wildman–Crippen MR) is 90.6 cm³/mol. The van der Waals surface area contributed by atoms with Crippen LogP contribution in [0, 0.1) is 0 Å². The number of likely N-dealkylation sites (tertiary alicyclic amines) is 1. The normalized spacial score (nSPS) is 19.4. The molecule has 0 aromatic heterocycles. The fourth-order valence-corrected chi connectivity index (χ4v) is 3.70. The lowest BCUT2D eigenvalue weighted by atomic mass is 10.1. The molecule has 1 heterocycles. The summed E-state index contributed by atoms with van der Waals surface area (Å²) in [6.45, 7) is 6.51. The number of piperidine rings is 1. The number of benzene rings is 1. The topological polar surface area (TPSA) is 29.5 Å². The molecule has 0 N–H and O–H groups in total. The molecule has 1 saturated heterocycles. The molecular weight excluding hydrogens is 350 g/mol. The molecule has 1 aliphatic heterocycles. The van der Waals surface area contributed by atoms with Crippen molar-refractivity contribution in [2.75, 3.05) is 6.54 Å². The van der Waals surface area contributed by atoms with Crippen molar-refractivity contribution >= 4 is 33.8 Å². The highest BCUT2D eigenvalue weighted by atomic mass is 79.9. The number of carbonyl (C=O) groups excluding carboxylic acids is 1. The van der Waals surface area contributed by atoms with Gasteiger partial charge in [0.15, 0.2) is 0 Å². The molecule has 3 nitrogen and oxygen atoms in total. The Labute approximate surface area is 139 Å². The van der Waals surface area contributed by atoms with Crippen molar-refractivity contribution in [3.8, 4) is 0 Å². The molecule has 1 atom stereocenters. The molecule has 0 saturated carbocycles. The van der Waals surface area contributed by atoms with Gasteiger partial charge in [-0.2, -0.15) is 0 Å². The maximum atomic E-state index is 12.4. The van der Waals surface area contributed by atoms with Crippen LogP contribution in [0.5, 0.6) is 0 Å². The van der Waals surface area contributed by atoms with Gasteiger partial charge in [0.2, 0.25) is 0 Å². The smallest absolute Gasteiger partial charge is 0.411 e. The van der Waals surface area contributed by atoms with Gasteiger partial charge < -0.3 is 4.74 Å². The van der Waals surface area contributed by atoms with E-state index >= 15 is 0 Å². The van der Waals surface area contributed by atoms with Crippen LogP contribution in [0.3, 0.4) is 0 Å². The average Bonchev–Trinajstić information content (AvgIpc) is 2.40. The minimum absolute atomic E-state index is 0.162. The Bertz CT molecular complexity index is 484. The Morgan fingerprint density at radius 1 is 1.29 bits per heavy atom. The number of hydrogen-bond acceptors (Lipinski definition) is 3. The Balaban J connectivity index is 2.04. The number of nitrogens with zero attached hydrogens (tertiary/aromatic N) is 1. The summed E-state index contributed by atoms with van der Waals surface area (Å²) in [6, 6.07) is 8.22. The van der Waals surface area contributed by atoms with Crippen molar-refractivity contribution in [2.45, 2.75) is 55.9 Å². The van der Waals surface area contributed by atoms with Gasteiger partial charge in [-0.15, -0.1) is 11.8 Å². The molecule has 1 amide bonds. The molecule has 0 spiro atoms. The first kappa shape index (κ1) is 16.7. The number of halogens is 1. The number of thioether (sulfide) groups is 1. The Morgan fingerprint density at radius 3 is 2.57 bits per heavy atom. The summed E-state index contributed by atoms with van der Waals surface area (Å²) in [7, 11) is 0. The second-order valence-corrected chi connectivity index (χ2v) is 8.36. The van der Waals surface area contributed by atoms with E-state index in [1.165, 1.54) is 4.90 Å². The van der Waals surface area contributed by atoms with E-state index in [1.54, 1.807) is 11.8 Å². The van der Waals surface area contributed by atoms with Gasteiger partial charge in [0.1, 0.15) is 5.60 Å². The van der Waals surface area contributed by atoms with Gasteiger partial charge in [0.05, 0.1) is 5.37 Å². The minimum Gasteiger partial charge on any atom is -0.444 e. The van der Waals surface area contributed by atoms with Gasteiger partial charge in [-0.1, -0.05) is 15.9 Å². The fourth-order valence-electron chi connectivity index (χ4n) is 2.22. The van der Waals surface area contributed by atoms with Crippen LogP contribution >= 0.6 is 27.7 Å². The Morgan fingerprint density at radius 2 is 1.95 bits per heavy atom. The molecular formula is C16H22BrNO2S. The van der Waals surface area contributed by atoms with Crippen molar-refractivity contribution in [3.05, 3.63) is 28.7 Å². The van der Waals surface area contributed by atoms with E-state index in [-0.39, 0.29) is 11.5 Å². The van der Waals surface area contributed by atoms with Crippen molar-refractivity contribution in [1.82, 2.24) is 4.90 Å². The zero-order valence-corrected chi connectivity index (χ0v) is 15.2. The average molecular weight is 372 g/mol. The minimum atomic E-state index is -0.443. The van der Waals surface area contributed by atoms with E-state index < -0.39 is 5.60 Å². The summed E-state index contributed by atoms with van der Waals surface area (Å²) in [5.74, 6) is 0. The molecule has 1 aliphatic rings. The van der Waals surface area contributed by atoms with Gasteiger partial charge in [-0.05, 0) is 64.3 Å². The van der Waals surface area contributed by atoms with Crippen LogP contribution in [0.25, 0.3) is 0 Å². The maximum absolute atomic E-state index is 12.4. The number of rotatable bonds is 2. The second kappa shape index (κ2) is 7.05. The lowest BCUT2D eigenvalue weighted by Crippen LogP contribution is -2.44. The molecule has 2 rings (SSSR count). The van der Waals surface area contributed by atoms with E-state index in [4.69, 9.17) is 4.74 Å². The van der Waals surface area contributed by atoms with Crippen molar-refractivity contribution in [3.63, 3.8) is 0 Å². The van der Waals surface area contributed by atoms with E-state index in [0.29, 0.717) is 0 Å². The first-order valence-corrected chi connectivity index (χ1v) is 8.94. The van der Waals surface area contributed by atoms with E-state index in [9.17, 15) is 4.79 Å². The van der Waals surface area contributed by atoms with Crippen molar-refractivity contribution < 1.29 is 9.53 Å². The quantitative estimate of drug-likeness (QED) is 0.707. The highest BCUT2D eigenvalue weighted by Crippen LogP contribution is 2.33. The van der Waals surface area contributed by atoms with Crippen LogP contribution in [0.15, 0.2) is 33.6 Å². The first-order valence-electron chi connectivity index (χ1n) is 7.27. The van der Waals surface area contributed by atoms with Crippen molar-refractivity contribution in [1.29, 1.82) is 0 Å². The zero-order valence-electron chi connectivity index (χ0n) is 12.8. The van der Waals surface area contributed by atoms with Crippen LogP contribution in [-0.4, -0.2) is 28.5 Å². The van der Waals surface area contributed by atoms with Gasteiger partial charge in [-0.25, -0.2) is 4.79 Å². The predicted octanol–water partition coefficient (Wildman–Crippen LogP) is 5.29. The van der Waals surface area contributed by atoms with Crippen LogP contribution in [0.4, 0.5) is 4.79 Å². The molecule has 0 bridgehead atoms. The molecule has 0 aliphatic carbocycles. The molecule has 1 fully saturated rings. The largest absolute Gasteiger partial charge is 0.444 e. The highest BCUT2D eigenvalue weighted by molar-refractivity contribution is 9.10. The van der Waals surface area contributed by atoms with Crippen LogP contribution < -0.4 is 0 Å². The summed E-state index contributed by atoms with van der Waals surface area (Å²) in [4.78, 5) is 15.4.